The van der Waals surface area contributed by atoms with Crippen LogP contribution in [0.5, 0.6) is 0 Å². The van der Waals surface area contributed by atoms with Crippen LogP contribution in [0.4, 0.5) is 5.69 Å². The molecule has 4 rings (SSSR count). The van der Waals surface area contributed by atoms with Crippen molar-refractivity contribution >= 4 is 38.7 Å². The zero-order valence-electron chi connectivity index (χ0n) is 18.8. The Morgan fingerprint density at radius 2 is 1.91 bits per heavy atom. The van der Waals surface area contributed by atoms with Crippen molar-refractivity contribution in [1.29, 1.82) is 0 Å². The molecular formula is C23H25N3O7S. The number of anilines is 1. The molecular weight excluding hydrogens is 462 g/mol. The van der Waals surface area contributed by atoms with E-state index in [9.17, 15) is 22.8 Å². The minimum atomic E-state index is -3.89. The number of carbonyl (C=O) groups excluding carboxylic acids is 2. The van der Waals surface area contributed by atoms with Gasteiger partial charge in [0, 0.05) is 31.9 Å². The summed E-state index contributed by atoms with van der Waals surface area (Å²) in [6.07, 6.45) is 1.08. The second-order valence-corrected chi connectivity index (χ2v) is 9.98. The molecule has 0 saturated carbocycles. The minimum absolute atomic E-state index is 0.00459. The fraction of sp³-hybridized carbons (Fsp3) is 0.348. The Balaban J connectivity index is 1.46. The summed E-state index contributed by atoms with van der Waals surface area (Å²) in [6, 6.07) is 10.6. The normalized spacial score (nSPS) is 16.9. The Morgan fingerprint density at radius 1 is 1.18 bits per heavy atom. The third kappa shape index (κ3) is 4.62. The SMILES string of the molecule is CCOC(=O)c1ccc(NC(=O)[C@@H]2CCCN(S(=O)(=O)c3ccc4c(c3)oc(=O)n4C)C2)cc1. The number of oxazole rings is 1. The van der Waals surface area contributed by atoms with E-state index < -0.39 is 27.7 Å². The smallest absolute Gasteiger partial charge is 0.419 e. The zero-order valence-corrected chi connectivity index (χ0v) is 19.6. The number of esters is 1. The maximum atomic E-state index is 13.2. The van der Waals surface area contributed by atoms with Gasteiger partial charge in [0.1, 0.15) is 0 Å². The molecule has 0 spiro atoms. The Kier molecular flexibility index (Phi) is 6.58. The second kappa shape index (κ2) is 9.43. The summed E-state index contributed by atoms with van der Waals surface area (Å²) in [6.45, 7) is 2.31. The third-order valence-corrected chi connectivity index (χ3v) is 7.68. The first-order chi connectivity index (χ1) is 16.2. The van der Waals surface area contributed by atoms with E-state index in [0.29, 0.717) is 29.6 Å². The highest BCUT2D eigenvalue weighted by atomic mass is 32.2. The summed E-state index contributed by atoms with van der Waals surface area (Å²) < 4.78 is 39.1. The summed E-state index contributed by atoms with van der Waals surface area (Å²) in [7, 11) is -2.34. The molecule has 10 nitrogen and oxygen atoms in total. The molecule has 34 heavy (non-hydrogen) atoms. The molecule has 1 atom stereocenters. The number of amides is 1. The number of nitrogens with one attached hydrogen (secondary N) is 1. The summed E-state index contributed by atoms with van der Waals surface area (Å²) in [5.41, 5.74) is 1.56. The van der Waals surface area contributed by atoms with Gasteiger partial charge in [-0.3, -0.25) is 9.36 Å². The van der Waals surface area contributed by atoms with Crippen LogP contribution < -0.4 is 11.1 Å². The molecule has 0 aliphatic carbocycles. The molecule has 1 fully saturated rings. The summed E-state index contributed by atoms with van der Waals surface area (Å²) in [5.74, 6) is -1.85. The molecule has 11 heteroatoms. The van der Waals surface area contributed by atoms with Crippen LogP contribution in [0.15, 0.2) is 56.6 Å². The summed E-state index contributed by atoms with van der Waals surface area (Å²) >= 11 is 0. The number of ether oxygens (including phenoxy) is 1. The molecule has 2 heterocycles. The van der Waals surface area contributed by atoms with E-state index in [0.717, 1.165) is 0 Å². The highest BCUT2D eigenvalue weighted by Crippen LogP contribution is 2.27. The molecule has 1 saturated heterocycles. The van der Waals surface area contributed by atoms with Crippen LogP contribution in [0.2, 0.25) is 0 Å². The van der Waals surface area contributed by atoms with Gasteiger partial charge < -0.3 is 14.5 Å². The number of carbonyl (C=O) groups is 2. The molecule has 1 aromatic heterocycles. The van der Waals surface area contributed by atoms with Gasteiger partial charge in [-0.15, -0.1) is 0 Å². The van der Waals surface area contributed by atoms with Gasteiger partial charge in [0.25, 0.3) is 0 Å². The van der Waals surface area contributed by atoms with Crippen molar-refractivity contribution in [2.24, 2.45) is 13.0 Å². The van der Waals surface area contributed by atoms with Crippen molar-refractivity contribution in [3.63, 3.8) is 0 Å². The van der Waals surface area contributed by atoms with Gasteiger partial charge in [0.05, 0.1) is 28.5 Å². The third-order valence-electron chi connectivity index (χ3n) is 5.82. The van der Waals surface area contributed by atoms with Crippen LogP contribution in [-0.4, -0.2) is 48.9 Å². The van der Waals surface area contributed by atoms with Crippen LogP contribution in [0.25, 0.3) is 11.1 Å². The molecule has 1 amide bonds. The molecule has 0 bridgehead atoms. The average Bonchev–Trinajstić information content (AvgIpc) is 3.12. The fourth-order valence-corrected chi connectivity index (χ4v) is 5.49. The Morgan fingerprint density at radius 3 is 2.62 bits per heavy atom. The van der Waals surface area contributed by atoms with Gasteiger partial charge in [-0.05, 0) is 56.2 Å². The first-order valence-electron chi connectivity index (χ1n) is 10.9. The first kappa shape index (κ1) is 23.7. The maximum absolute atomic E-state index is 13.2. The van der Waals surface area contributed by atoms with Crippen molar-refractivity contribution in [1.82, 2.24) is 8.87 Å². The number of piperidine rings is 1. The average molecular weight is 488 g/mol. The lowest BCUT2D eigenvalue weighted by Crippen LogP contribution is -2.43. The van der Waals surface area contributed by atoms with Gasteiger partial charge in [-0.2, -0.15) is 4.31 Å². The fourth-order valence-electron chi connectivity index (χ4n) is 3.95. The lowest BCUT2D eigenvalue weighted by molar-refractivity contribution is -0.120. The van der Waals surface area contributed by atoms with Gasteiger partial charge in [0.2, 0.25) is 15.9 Å². The highest BCUT2D eigenvalue weighted by Gasteiger charge is 2.33. The zero-order chi connectivity index (χ0) is 24.5. The van der Waals surface area contributed by atoms with E-state index in [-0.39, 0.29) is 36.1 Å². The number of fused-ring (bicyclic) bond motifs is 1. The molecule has 3 aromatic rings. The van der Waals surface area contributed by atoms with Crippen LogP contribution in [-0.2, 0) is 26.6 Å². The molecule has 0 radical (unpaired) electrons. The summed E-state index contributed by atoms with van der Waals surface area (Å²) in [4.78, 5) is 36.3. The quantitative estimate of drug-likeness (QED) is 0.529. The van der Waals surface area contributed by atoms with Crippen molar-refractivity contribution in [2.75, 3.05) is 25.0 Å². The number of aryl methyl sites for hydroxylation is 1. The van der Waals surface area contributed by atoms with Crippen molar-refractivity contribution in [2.45, 2.75) is 24.7 Å². The van der Waals surface area contributed by atoms with Crippen LogP contribution in [0.1, 0.15) is 30.1 Å². The van der Waals surface area contributed by atoms with E-state index in [4.69, 9.17) is 9.15 Å². The standard InChI is InChI=1S/C23H25N3O7S/c1-3-32-22(28)15-6-8-17(9-7-15)24-21(27)16-5-4-12-26(14-16)34(30,31)18-10-11-19-20(13-18)33-23(29)25(19)2/h6-11,13,16H,3-5,12,14H2,1-2H3,(H,24,27)/t16-/m1/s1. The number of nitrogens with zero attached hydrogens (tertiary/aromatic N) is 2. The number of benzene rings is 2. The maximum Gasteiger partial charge on any atom is 0.419 e. The predicted octanol–water partition coefficient (Wildman–Crippen LogP) is 2.35. The number of aromatic nitrogens is 1. The van der Waals surface area contributed by atoms with E-state index >= 15 is 0 Å². The molecule has 2 aromatic carbocycles. The van der Waals surface area contributed by atoms with E-state index in [1.807, 2.05) is 0 Å². The lowest BCUT2D eigenvalue weighted by Gasteiger charge is -2.31. The molecule has 1 N–H and O–H groups in total. The van der Waals surface area contributed by atoms with Gasteiger partial charge in [0.15, 0.2) is 5.58 Å². The van der Waals surface area contributed by atoms with E-state index in [1.165, 1.54) is 27.1 Å². The Hall–Kier alpha value is -3.44. The van der Waals surface area contributed by atoms with Crippen LogP contribution >= 0.6 is 0 Å². The van der Waals surface area contributed by atoms with Gasteiger partial charge in [-0.1, -0.05) is 0 Å². The van der Waals surface area contributed by atoms with E-state index in [2.05, 4.69) is 5.32 Å². The Labute approximate surface area is 196 Å². The molecule has 180 valence electrons. The topological polar surface area (TPSA) is 128 Å². The number of sulfonamides is 1. The first-order valence-corrected chi connectivity index (χ1v) is 12.3. The largest absolute Gasteiger partial charge is 0.462 e. The molecule has 1 aliphatic rings. The van der Waals surface area contributed by atoms with Gasteiger partial charge >= 0.3 is 11.7 Å². The van der Waals surface area contributed by atoms with Crippen LogP contribution in [0, 0.1) is 5.92 Å². The van der Waals surface area contributed by atoms with Gasteiger partial charge in [-0.25, -0.2) is 18.0 Å². The Bertz CT molecular complexity index is 1390. The minimum Gasteiger partial charge on any atom is -0.462 e. The monoisotopic (exact) mass is 487 g/mol. The summed E-state index contributed by atoms with van der Waals surface area (Å²) in [5, 5.41) is 2.79. The molecule has 0 unspecified atom stereocenters. The van der Waals surface area contributed by atoms with E-state index in [1.54, 1.807) is 38.2 Å². The number of hydrogen-bond acceptors (Lipinski definition) is 7. The van der Waals surface area contributed by atoms with Crippen molar-refractivity contribution in [3.8, 4) is 0 Å². The van der Waals surface area contributed by atoms with Crippen molar-refractivity contribution in [3.05, 3.63) is 58.6 Å². The number of rotatable bonds is 6. The number of hydrogen-bond donors (Lipinski definition) is 1. The second-order valence-electron chi connectivity index (χ2n) is 8.05. The lowest BCUT2D eigenvalue weighted by atomic mass is 9.98. The molecule has 1 aliphatic heterocycles. The highest BCUT2D eigenvalue weighted by molar-refractivity contribution is 7.89. The predicted molar refractivity (Wildman–Crippen MR) is 124 cm³/mol. The van der Waals surface area contributed by atoms with Crippen LogP contribution in [0.3, 0.4) is 0 Å². The van der Waals surface area contributed by atoms with Crippen molar-refractivity contribution < 1.29 is 27.2 Å².